The Morgan fingerprint density at radius 3 is 2.74 bits per heavy atom. The highest BCUT2D eigenvalue weighted by molar-refractivity contribution is 5.51. The molecule has 1 atom stereocenters. The van der Waals surface area contributed by atoms with Gasteiger partial charge in [-0.25, -0.2) is 0 Å². The molecule has 0 amide bonds. The van der Waals surface area contributed by atoms with Crippen LogP contribution >= 0.6 is 0 Å². The topological polar surface area (TPSA) is 21.3 Å². The van der Waals surface area contributed by atoms with E-state index in [-0.39, 0.29) is 5.60 Å². The number of para-hydroxylation sites is 1. The molecule has 19 heavy (non-hydrogen) atoms. The van der Waals surface area contributed by atoms with Crippen LogP contribution in [0, 0.1) is 6.92 Å². The summed E-state index contributed by atoms with van der Waals surface area (Å²) in [6.45, 7) is 3.10. The maximum absolute atomic E-state index is 6.16. The Morgan fingerprint density at radius 2 is 1.95 bits per heavy atom. The summed E-state index contributed by atoms with van der Waals surface area (Å²) in [4.78, 5) is 0. The Morgan fingerprint density at radius 1 is 1.16 bits per heavy atom. The van der Waals surface area contributed by atoms with Crippen LogP contribution in [0.4, 0.5) is 5.69 Å². The summed E-state index contributed by atoms with van der Waals surface area (Å²) in [7, 11) is 0. The minimum Gasteiger partial charge on any atom is -0.382 e. The second-order valence-electron chi connectivity index (χ2n) is 6.24. The van der Waals surface area contributed by atoms with Gasteiger partial charge in [0, 0.05) is 18.3 Å². The first-order valence-corrected chi connectivity index (χ1v) is 7.74. The summed E-state index contributed by atoms with van der Waals surface area (Å²) < 4.78 is 6.16. The zero-order valence-corrected chi connectivity index (χ0v) is 12.0. The second-order valence-corrected chi connectivity index (χ2v) is 6.24. The van der Waals surface area contributed by atoms with E-state index >= 15 is 0 Å². The molecule has 2 aliphatic rings. The van der Waals surface area contributed by atoms with Gasteiger partial charge in [-0.1, -0.05) is 37.5 Å². The van der Waals surface area contributed by atoms with Crippen molar-refractivity contribution < 1.29 is 4.74 Å². The number of rotatable bonds is 2. The lowest BCUT2D eigenvalue weighted by atomic mass is 9.78. The average Bonchev–Trinajstić information content (AvgIpc) is 2.42. The highest BCUT2D eigenvalue weighted by Crippen LogP contribution is 2.39. The molecule has 104 valence electrons. The Hall–Kier alpha value is -1.02. The Labute approximate surface area is 116 Å². The molecule has 1 aliphatic carbocycles. The van der Waals surface area contributed by atoms with E-state index in [1.54, 1.807) is 0 Å². The van der Waals surface area contributed by atoms with Crippen LogP contribution in [-0.4, -0.2) is 18.2 Å². The summed E-state index contributed by atoms with van der Waals surface area (Å²) in [6, 6.07) is 9.17. The van der Waals surface area contributed by atoms with Crippen molar-refractivity contribution in [2.75, 3.05) is 11.9 Å². The predicted molar refractivity (Wildman–Crippen MR) is 79.6 cm³/mol. The number of aryl methyl sites for hydroxylation is 1. The fourth-order valence-electron chi connectivity index (χ4n) is 3.65. The molecule has 1 N–H and O–H groups in total. The van der Waals surface area contributed by atoms with E-state index in [0.717, 1.165) is 13.0 Å². The van der Waals surface area contributed by atoms with Crippen LogP contribution in [0.2, 0.25) is 0 Å². The molecule has 0 aromatic heterocycles. The van der Waals surface area contributed by atoms with Gasteiger partial charge in [0.05, 0.1) is 5.60 Å². The van der Waals surface area contributed by atoms with Crippen LogP contribution < -0.4 is 5.32 Å². The minimum absolute atomic E-state index is 0.191. The molecule has 3 rings (SSSR count). The number of hydrogen-bond acceptors (Lipinski definition) is 2. The minimum atomic E-state index is 0.191. The maximum Gasteiger partial charge on any atom is 0.0702 e. The van der Waals surface area contributed by atoms with Crippen molar-refractivity contribution >= 4 is 5.69 Å². The first-order valence-electron chi connectivity index (χ1n) is 7.74. The fraction of sp³-hybridized carbons (Fsp3) is 0.647. The molecule has 1 aromatic rings. The summed E-state index contributed by atoms with van der Waals surface area (Å²) >= 11 is 0. The third kappa shape index (κ3) is 2.94. The van der Waals surface area contributed by atoms with E-state index in [9.17, 15) is 0 Å². The summed E-state index contributed by atoms with van der Waals surface area (Å²) in [5.41, 5.74) is 2.82. The molecule has 2 nitrogen and oxygen atoms in total. The molecule has 1 aromatic carbocycles. The molecule has 1 saturated carbocycles. The molecule has 0 bridgehead atoms. The zero-order chi connectivity index (χ0) is 13.1. The standard InChI is InChI=1S/C17H25NO/c1-14-7-3-4-8-16(14)18-15-9-12-19-17(13-15)10-5-2-6-11-17/h3-4,7-8,15,18H,2,5-6,9-13H2,1H3. The monoisotopic (exact) mass is 259 g/mol. The van der Waals surface area contributed by atoms with Crippen LogP contribution in [0.15, 0.2) is 24.3 Å². The van der Waals surface area contributed by atoms with Crippen LogP contribution in [-0.2, 0) is 4.74 Å². The van der Waals surface area contributed by atoms with Crippen LogP contribution in [0.25, 0.3) is 0 Å². The third-order valence-corrected chi connectivity index (χ3v) is 4.76. The Bertz CT molecular complexity index is 418. The molecular weight excluding hydrogens is 234 g/mol. The Balaban J connectivity index is 1.67. The van der Waals surface area contributed by atoms with Gasteiger partial charge in [-0.05, 0) is 44.2 Å². The van der Waals surface area contributed by atoms with Gasteiger partial charge in [0.1, 0.15) is 0 Å². The van der Waals surface area contributed by atoms with E-state index < -0.39 is 0 Å². The molecule has 1 saturated heterocycles. The lowest BCUT2D eigenvalue weighted by molar-refractivity contribution is -0.103. The molecule has 1 heterocycles. The van der Waals surface area contributed by atoms with Gasteiger partial charge < -0.3 is 10.1 Å². The summed E-state index contributed by atoms with van der Waals surface area (Å²) in [5, 5.41) is 3.74. The van der Waals surface area contributed by atoms with Crippen molar-refractivity contribution in [2.45, 2.75) is 63.5 Å². The van der Waals surface area contributed by atoms with E-state index in [0.29, 0.717) is 6.04 Å². The Kier molecular flexibility index (Phi) is 3.79. The van der Waals surface area contributed by atoms with E-state index in [1.807, 2.05) is 0 Å². The van der Waals surface area contributed by atoms with Gasteiger partial charge in [-0.15, -0.1) is 0 Å². The van der Waals surface area contributed by atoms with E-state index in [2.05, 4.69) is 36.5 Å². The van der Waals surface area contributed by atoms with Crippen LogP contribution in [0.3, 0.4) is 0 Å². The zero-order valence-electron chi connectivity index (χ0n) is 12.0. The van der Waals surface area contributed by atoms with Crippen molar-refractivity contribution in [3.05, 3.63) is 29.8 Å². The number of anilines is 1. The van der Waals surface area contributed by atoms with Crippen molar-refractivity contribution in [2.24, 2.45) is 0 Å². The number of ether oxygens (including phenoxy) is 1. The highest BCUT2D eigenvalue weighted by atomic mass is 16.5. The predicted octanol–water partition coefficient (Wildman–Crippen LogP) is 4.29. The van der Waals surface area contributed by atoms with E-state index in [4.69, 9.17) is 4.74 Å². The lowest BCUT2D eigenvalue weighted by Gasteiger charge is -2.44. The quantitative estimate of drug-likeness (QED) is 0.855. The summed E-state index contributed by atoms with van der Waals surface area (Å²) in [5.74, 6) is 0. The molecule has 1 aliphatic heterocycles. The lowest BCUT2D eigenvalue weighted by Crippen LogP contribution is -2.45. The first-order chi connectivity index (χ1) is 9.27. The van der Waals surface area contributed by atoms with Gasteiger partial charge in [0.2, 0.25) is 0 Å². The first kappa shape index (κ1) is 13.0. The molecule has 1 unspecified atom stereocenters. The maximum atomic E-state index is 6.16. The second kappa shape index (κ2) is 5.54. The number of nitrogens with one attached hydrogen (secondary N) is 1. The van der Waals surface area contributed by atoms with Crippen LogP contribution in [0.1, 0.15) is 50.5 Å². The SMILES string of the molecule is Cc1ccccc1NC1CCOC2(CCCCC2)C1. The van der Waals surface area contributed by atoms with Crippen molar-refractivity contribution in [3.63, 3.8) is 0 Å². The van der Waals surface area contributed by atoms with Gasteiger partial charge in [-0.3, -0.25) is 0 Å². The molecule has 2 fully saturated rings. The number of hydrogen-bond donors (Lipinski definition) is 1. The van der Waals surface area contributed by atoms with Crippen molar-refractivity contribution in [3.8, 4) is 0 Å². The van der Waals surface area contributed by atoms with E-state index in [1.165, 1.54) is 49.8 Å². The molecule has 0 radical (unpaired) electrons. The number of benzene rings is 1. The van der Waals surface area contributed by atoms with Crippen molar-refractivity contribution in [1.82, 2.24) is 0 Å². The van der Waals surface area contributed by atoms with Gasteiger partial charge >= 0.3 is 0 Å². The normalized spacial score (nSPS) is 26.3. The molecule has 2 heteroatoms. The molecule has 1 spiro atoms. The van der Waals surface area contributed by atoms with Crippen molar-refractivity contribution in [1.29, 1.82) is 0 Å². The largest absolute Gasteiger partial charge is 0.382 e. The van der Waals surface area contributed by atoms with Gasteiger partial charge in [0.25, 0.3) is 0 Å². The summed E-state index contributed by atoms with van der Waals surface area (Å²) in [6.07, 6.45) is 8.92. The van der Waals surface area contributed by atoms with Crippen LogP contribution in [0.5, 0.6) is 0 Å². The van der Waals surface area contributed by atoms with Gasteiger partial charge in [-0.2, -0.15) is 0 Å². The van der Waals surface area contributed by atoms with Gasteiger partial charge in [0.15, 0.2) is 0 Å². The fourth-order valence-corrected chi connectivity index (χ4v) is 3.65. The average molecular weight is 259 g/mol. The smallest absolute Gasteiger partial charge is 0.0702 e. The highest BCUT2D eigenvalue weighted by Gasteiger charge is 2.38. The molecular formula is C17H25NO. The third-order valence-electron chi connectivity index (χ3n) is 4.76.